The van der Waals surface area contributed by atoms with Gasteiger partial charge in [0.2, 0.25) is 0 Å². The molecule has 41 heavy (non-hydrogen) atoms. The molecule has 0 saturated heterocycles. The average Bonchev–Trinajstić information content (AvgIpc) is 2.88. The lowest BCUT2D eigenvalue weighted by molar-refractivity contribution is 0.480. The van der Waals surface area contributed by atoms with Gasteiger partial charge in [-0.3, -0.25) is 0 Å². The Kier molecular flexibility index (Phi) is 8.13. The van der Waals surface area contributed by atoms with E-state index in [1.165, 1.54) is 12.1 Å². The molecule has 4 rings (SSSR count). The van der Waals surface area contributed by atoms with Crippen molar-refractivity contribution in [1.29, 1.82) is 0 Å². The SMILES string of the molecule is Cc1ccccc1S(=O)(=O)Oc1c(C)cc(C(C)(C)c2cc(C)c(OS(=O)(=O)c3ccccc3C)c(C)c2)cc1C. The van der Waals surface area contributed by atoms with Gasteiger partial charge >= 0.3 is 20.2 Å². The zero-order valence-corrected chi connectivity index (χ0v) is 26.3. The van der Waals surface area contributed by atoms with E-state index in [0.717, 1.165) is 11.1 Å². The van der Waals surface area contributed by atoms with Crippen LogP contribution in [0.3, 0.4) is 0 Å². The minimum atomic E-state index is -4.01. The van der Waals surface area contributed by atoms with Gasteiger partial charge in [-0.15, -0.1) is 0 Å². The maximum absolute atomic E-state index is 13.1. The number of aryl methyl sites for hydroxylation is 6. The summed E-state index contributed by atoms with van der Waals surface area (Å²) in [7, 11) is -8.01. The molecule has 0 aromatic heterocycles. The second-order valence-corrected chi connectivity index (χ2v) is 14.1. The van der Waals surface area contributed by atoms with Gasteiger partial charge in [0.25, 0.3) is 0 Å². The highest BCUT2D eigenvalue weighted by Gasteiger charge is 2.29. The fourth-order valence-corrected chi connectivity index (χ4v) is 7.59. The van der Waals surface area contributed by atoms with E-state index in [9.17, 15) is 16.8 Å². The number of rotatable bonds is 8. The summed E-state index contributed by atoms with van der Waals surface area (Å²) in [5.41, 5.74) is 5.46. The minimum Gasteiger partial charge on any atom is -0.378 e. The van der Waals surface area contributed by atoms with E-state index < -0.39 is 25.7 Å². The summed E-state index contributed by atoms with van der Waals surface area (Å²) in [6.45, 7) is 15.0. The smallest absolute Gasteiger partial charge is 0.339 e. The molecule has 0 aliphatic heterocycles. The lowest BCUT2D eigenvalue weighted by Crippen LogP contribution is -2.21. The Morgan fingerprint density at radius 3 is 1.07 bits per heavy atom. The summed E-state index contributed by atoms with van der Waals surface area (Å²) in [5.74, 6) is 0.621. The second-order valence-electron chi connectivity index (χ2n) is 11.1. The molecule has 4 aromatic carbocycles. The molecule has 0 fully saturated rings. The first-order valence-electron chi connectivity index (χ1n) is 13.3. The molecule has 0 atom stereocenters. The molecule has 0 radical (unpaired) electrons. The highest BCUT2D eigenvalue weighted by atomic mass is 32.2. The Morgan fingerprint density at radius 2 is 0.780 bits per heavy atom. The first-order chi connectivity index (χ1) is 19.0. The van der Waals surface area contributed by atoms with Crippen molar-refractivity contribution in [1.82, 2.24) is 0 Å². The molecular weight excluding hydrogens is 556 g/mol. The molecule has 0 amide bonds. The van der Waals surface area contributed by atoms with Gasteiger partial charge < -0.3 is 8.37 Å². The van der Waals surface area contributed by atoms with Crippen LogP contribution < -0.4 is 8.37 Å². The van der Waals surface area contributed by atoms with Crippen molar-refractivity contribution in [2.45, 2.75) is 70.6 Å². The molecule has 0 aliphatic carbocycles. The van der Waals surface area contributed by atoms with Gasteiger partial charge in [0, 0.05) is 5.41 Å². The molecule has 6 nitrogen and oxygen atoms in total. The third kappa shape index (κ3) is 6.04. The highest BCUT2D eigenvalue weighted by molar-refractivity contribution is 7.87. The van der Waals surface area contributed by atoms with E-state index in [1.54, 1.807) is 50.2 Å². The van der Waals surface area contributed by atoms with Gasteiger partial charge in [-0.05, 0) is 98.2 Å². The lowest BCUT2D eigenvalue weighted by atomic mass is 9.76. The summed E-state index contributed by atoms with van der Waals surface area (Å²) in [6.07, 6.45) is 0. The van der Waals surface area contributed by atoms with E-state index >= 15 is 0 Å². The predicted octanol–water partition coefficient (Wildman–Crippen LogP) is 7.40. The molecule has 0 saturated carbocycles. The van der Waals surface area contributed by atoms with Crippen LogP contribution in [0.5, 0.6) is 11.5 Å². The van der Waals surface area contributed by atoms with E-state index in [1.807, 2.05) is 52.0 Å². The van der Waals surface area contributed by atoms with Crippen LogP contribution in [-0.2, 0) is 25.7 Å². The number of benzene rings is 4. The van der Waals surface area contributed by atoms with E-state index in [-0.39, 0.29) is 9.79 Å². The van der Waals surface area contributed by atoms with Crippen molar-refractivity contribution < 1.29 is 25.2 Å². The topological polar surface area (TPSA) is 86.7 Å². The van der Waals surface area contributed by atoms with Crippen molar-refractivity contribution >= 4 is 20.2 Å². The molecular formula is C33H36O6S2. The Hall–Kier alpha value is -3.62. The normalized spacial score (nSPS) is 12.3. The van der Waals surface area contributed by atoms with E-state index in [4.69, 9.17) is 8.37 Å². The summed E-state index contributed by atoms with van der Waals surface area (Å²) in [6, 6.07) is 21.2. The average molecular weight is 593 g/mol. The van der Waals surface area contributed by atoms with Crippen LogP contribution in [0, 0.1) is 41.5 Å². The van der Waals surface area contributed by atoms with Crippen LogP contribution >= 0.6 is 0 Å². The van der Waals surface area contributed by atoms with Crippen LogP contribution in [0.25, 0.3) is 0 Å². The first-order valence-corrected chi connectivity index (χ1v) is 16.1. The summed E-state index contributed by atoms with van der Waals surface area (Å²) in [5, 5.41) is 0. The minimum absolute atomic E-state index is 0.140. The van der Waals surface area contributed by atoms with Crippen LogP contribution in [0.1, 0.15) is 58.4 Å². The van der Waals surface area contributed by atoms with Gasteiger partial charge in [-0.25, -0.2) is 0 Å². The fraction of sp³-hybridized carbons (Fsp3) is 0.273. The maximum atomic E-state index is 13.1. The number of hydrogen-bond donors (Lipinski definition) is 0. The number of hydrogen-bond acceptors (Lipinski definition) is 6. The molecule has 0 spiro atoms. The zero-order valence-electron chi connectivity index (χ0n) is 24.7. The van der Waals surface area contributed by atoms with Crippen molar-refractivity contribution in [2.24, 2.45) is 0 Å². The molecule has 0 N–H and O–H groups in total. The molecule has 0 heterocycles. The predicted molar refractivity (Wildman–Crippen MR) is 162 cm³/mol. The monoisotopic (exact) mass is 592 g/mol. The maximum Gasteiger partial charge on any atom is 0.339 e. The zero-order chi connectivity index (χ0) is 30.3. The van der Waals surface area contributed by atoms with Crippen LogP contribution in [0.15, 0.2) is 82.6 Å². The van der Waals surface area contributed by atoms with Gasteiger partial charge in [0.15, 0.2) is 0 Å². The lowest BCUT2D eigenvalue weighted by Gasteiger charge is -2.29. The molecule has 4 aromatic rings. The third-order valence-corrected chi connectivity index (χ3v) is 10.2. The standard InChI is InChI=1S/C33H36O6S2/c1-21-13-9-11-15-29(21)40(34,35)38-31-23(3)17-27(18-24(31)4)33(7,8)28-19-25(5)32(26(6)20-28)39-41(36,37)30-16-12-10-14-22(30)2/h9-20H,1-8H3. The van der Waals surface area contributed by atoms with Crippen molar-refractivity contribution in [3.05, 3.63) is 117 Å². The summed E-state index contributed by atoms with van der Waals surface area (Å²) >= 11 is 0. The fourth-order valence-electron chi connectivity index (χ4n) is 5.03. The van der Waals surface area contributed by atoms with Crippen LogP contribution in [0.4, 0.5) is 0 Å². The first kappa shape index (κ1) is 30.3. The third-order valence-electron chi connectivity index (χ3n) is 7.48. The Bertz CT molecular complexity index is 1670. The Labute approximate surface area is 244 Å². The molecule has 0 bridgehead atoms. The quantitative estimate of drug-likeness (QED) is 0.198. The molecule has 216 valence electrons. The van der Waals surface area contributed by atoms with Crippen LogP contribution in [-0.4, -0.2) is 16.8 Å². The van der Waals surface area contributed by atoms with Gasteiger partial charge in [-0.2, -0.15) is 16.8 Å². The van der Waals surface area contributed by atoms with E-state index in [0.29, 0.717) is 44.9 Å². The summed E-state index contributed by atoms with van der Waals surface area (Å²) in [4.78, 5) is 0.279. The van der Waals surface area contributed by atoms with Gasteiger partial charge in [0.1, 0.15) is 21.3 Å². The van der Waals surface area contributed by atoms with Crippen molar-refractivity contribution in [3.63, 3.8) is 0 Å². The molecule has 0 aliphatic rings. The van der Waals surface area contributed by atoms with Gasteiger partial charge in [0.05, 0.1) is 0 Å². The van der Waals surface area contributed by atoms with E-state index in [2.05, 4.69) is 13.8 Å². The van der Waals surface area contributed by atoms with Gasteiger partial charge in [-0.1, -0.05) is 74.5 Å². The highest BCUT2D eigenvalue weighted by Crippen LogP contribution is 2.39. The largest absolute Gasteiger partial charge is 0.378 e. The van der Waals surface area contributed by atoms with Crippen LogP contribution in [0.2, 0.25) is 0 Å². The van der Waals surface area contributed by atoms with Crippen molar-refractivity contribution in [3.8, 4) is 11.5 Å². The molecule has 0 unspecified atom stereocenters. The second kappa shape index (κ2) is 11.0. The Morgan fingerprint density at radius 1 is 0.488 bits per heavy atom. The molecule has 8 heteroatoms. The van der Waals surface area contributed by atoms with Crippen molar-refractivity contribution in [2.75, 3.05) is 0 Å². The Balaban J connectivity index is 1.68. The summed E-state index contributed by atoms with van der Waals surface area (Å²) < 4.78 is 63.6.